The Bertz CT molecular complexity index is 1360. The first-order valence-electron chi connectivity index (χ1n) is 10.3. The third kappa shape index (κ3) is 3.60. The van der Waals surface area contributed by atoms with Gasteiger partial charge >= 0.3 is 0 Å². The van der Waals surface area contributed by atoms with E-state index >= 15 is 0 Å². The van der Waals surface area contributed by atoms with Crippen molar-refractivity contribution in [3.63, 3.8) is 0 Å². The SMILES string of the molecule is Cc1ccc(N2CCN(C(=O)c3csc4c(=O)[nH]c(-c5ccccn5)nc34)CC2)cc1O. The molecule has 1 saturated heterocycles. The minimum absolute atomic E-state index is 0.132. The van der Waals surface area contributed by atoms with Crippen LogP contribution in [0.3, 0.4) is 0 Å². The Hall–Kier alpha value is -3.72. The summed E-state index contributed by atoms with van der Waals surface area (Å²) < 4.78 is 0.432. The number of rotatable bonds is 3. The highest BCUT2D eigenvalue weighted by Gasteiger charge is 2.26. The number of phenolic OH excluding ortho intramolecular Hbond substituents is 1. The van der Waals surface area contributed by atoms with Gasteiger partial charge in [-0.2, -0.15) is 0 Å². The zero-order chi connectivity index (χ0) is 22.2. The fourth-order valence-electron chi connectivity index (χ4n) is 3.84. The average molecular weight is 448 g/mol. The third-order valence-corrected chi connectivity index (χ3v) is 6.66. The molecule has 1 fully saturated rings. The highest BCUT2D eigenvalue weighted by molar-refractivity contribution is 7.17. The monoisotopic (exact) mass is 447 g/mol. The van der Waals surface area contributed by atoms with Gasteiger partial charge in [-0.15, -0.1) is 11.3 Å². The van der Waals surface area contributed by atoms with Crippen LogP contribution >= 0.6 is 11.3 Å². The summed E-state index contributed by atoms with van der Waals surface area (Å²) in [6.45, 7) is 4.26. The molecule has 9 heteroatoms. The number of carbonyl (C=O) groups is 1. The van der Waals surface area contributed by atoms with Crippen LogP contribution in [0.1, 0.15) is 15.9 Å². The zero-order valence-electron chi connectivity index (χ0n) is 17.4. The molecule has 1 aliphatic rings. The van der Waals surface area contributed by atoms with Crippen LogP contribution in [-0.2, 0) is 0 Å². The molecule has 1 amide bonds. The highest BCUT2D eigenvalue weighted by atomic mass is 32.1. The van der Waals surface area contributed by atoms with E-state index in [1.165, 1.54) is 11.3 Å². The highest BCUT2D eigenvalue weighted by Crippen LogP contribution is 2.27. The van der Waals surface area contributed by atoms with E-state index in [-0.39, 0.29) is 17.2 Å². The number of thiophene rings is 1. The summed E-state index contributed by atoms with van der Waals surface area (Å²) in [6, 6.07) is 11.0. The molecule has 0 radical (unpaired) electrons. The minimum atomic E-state index is -0.274. The molecular weight excluding hydrogens is 426 g/mol. The molecule has 162 valence electrons. The van der Waals surface area contributed by atoms with Crippen molar-refractivity contribution in [3.05, 3.63) is 69.5 Å². The lowest BCUT2D eigenvalue weighted by Crippen LogP contribution is -2.48. The standard InChI is InChI=1S/C23H21N5O3S/c1-14-5-6-15(12-18(14)29)27-8-10-28(11-9-27)23(31)16-13-32-20-19(16)25-21(26-22(20)30)17-4-2-3-7-24-17/h2-7,12-13,29H,8-11H2,1H3,(H,25,26,30). The average Bonchev–Trinajstić information content (AvgIpc) is 3.26. The third-order valence-electron chi connectivity index (χ3n) is 5.69. The maximum Gasteiger partial charge on any atom is 0.269 e. The van der Waals surface area contributed by atoms with Crippen LogP contribution in [0.15, 0.2) is 52.8 Å². The first-order valence-corrected chi connectivity index (χ1v) is 11.2. The molecule has 0 aliphatic carbocycles. The van der Waals surface area contributed by atoms with Gasteiger partial charge in [-0.3, -0.25) is 14.6 Å². The second-order valence-electron chi connectivity index (χ2n) is 7.71. The summed E-state index contributed by atoms with van der Waals surface area (Å²) in [5.74, 6) is 0.484. The number of hydrogen-bond donors (Lipinski definition) is 2. The summed E-state index contributed by atoms with van der Waals surface area (Å²) >= 11 is 1.22. The van der Waals surface area contributed by atoms with Crippen molar-refractivity contribution >= 4 is 33.1 Å². The van der Waals surface area contributed by atoms with Crippen LogP contribution in [0.25, 0.3) is 21.7 Å². The molecule has 5 rings (SSSR count). The van der Waals surface area contributed by atoms with Gasteiger partial charge in [-0.1, -0.05) is 12.1 Å². The van der Waals surface area contributed by atoms with E-state index in [4.69, 9.17) is 0 Å². The van der Waals surface area contributed by atoms with Gasteiger partial charge in [-0.25, -0.2) is 4.98 Å². The van der Waals surface area contributed by atoms with E-state index in [1.807, 2.05) is 25.1 Å². The summed E-state index contributed by atoms with van der Waals surface area (Å²) in [6.07, 6.45) is 1.63. The molecule has 1 aliphatic heterocycles. The van der Waals surface area contributed by atoms with Crippen LogP contribution in [0.4, 0.5) is 5.69 Å². The molecule has 2 N–H and O–H groups in total. The number of hydrogen-bond acceptors (Lipinski definition) is 7. The molecule has 8 nitrogen and oxygen atoms in total. The van der Waals surface area contributed by atoms with Gasteiger partial charge in [-0.05, 0) is 30.7 Å². The van der Waals surface area contributed by atoms with Gasteiger partial charge in [0.2, 0.25) is 0 Å². The molecule has 0 saturated carbocycles. The first kappa shape index (κ1) is 20.2. The molecule has 1 aromatic carbocycles. The maximum atomic E-state index is 13.3. The molecule has 0 unspecified atom stereocenters. The molecule has 0 atom stereocenters. The second kappa shape index (κ2) is 8.08. The second-order valence-corrected chi connectivity index (χ2v) is 8.59. The number of aromatic amines is 1. The number of carbonyl (C=O) groups excluding carboxylic acids is 1. The fourth-order valence-corrected chi connectivity index (χ4v) is 4.71. The molecule has 3 aromatic heterocycles. The van der Waals surface area contributed by atoms with Crippen molar-refractivity contribution in [1.29, 1.82) is 0 Å². The number of nitrogens with zero attached hydrogens (tertiary/aromatic N) is 4. The number of fused-ring (bicyclic) bond motifs is 1. The smallest absolute Gasteiger partial charge is 0.269 e. The number of nitrogens with one attached hydrogen (secondary N) is 1. The number of aryl methyl sites for hydroxylation is 1. The number of H-pyrrole nitrogens is 1. The Balaban J connectivity index is 1.39. The summed E-state index contributed by atoms with van der Waals surface area (Å²) in [7, 11) is 0. The molecule has 4 heterocycles. The molecule has 0 spiro atoms. The Morgan fingerprint density at radius 3 is 2.69 bits per heavy atom. The maximum absolute atomic E-state index is 13.3. The van der Waals surface area contributed by atoms with Gasteiger partial charge < -0.3 is 19.9 Å². The molecule has 32 heavy (non-hydrogen) atoms. The van der Waals surface area contributed by atoms with E-state index in [0.717, 1.165) is 11.3 Å². The van der Waals surface area contributed by atoms with Crippen molar-refractivity contribution in [2.45, 2.75) is 6.92 Å². The van der Waals surface area contributed by atoms with Crippen LogP contribution in [0.5, 0.6) is 5.75 Å². The van der Waals surface area contributed by atoms with Crippen molar-refractivity contribution in [2.75, 3.05) is 31.1 Å². The predicted molar refractivity (Wildman–Crippen MR) is 124 cm³/mol. The summed E-state index contributed by atoms with van der Waals surface area (Å²) in [5, 5.41) is 11.7. The number of anilines is 1. The Morgan fingerprint density at radius 1 is 1.16 bits per heavy atom. The molecule has 4 aromatic rings. The van der Waals surface area contributed by atoms with E-state index < -0.39 is 0 Å². The fraction of sp³-hybridized carbons (Fsp3) is 0.217. The van der Waals surface area contributed by atoms with Crippen LogP contribution in [0, 0.1) is 6.92 Å². The van der Waals surface area contributed by atoms with Crippen LogP contribution in [-0.4, -0.2) is 57.0 Å². The topological polar surface area (TPSA) is 102 Å². The molecule has 0 bridgehead atoms. The lowest BCUT2D eigenvalue weighted by Gasteiger charge is -2.36. The number of pyridine rings is 1. The van der Waals surface area contributed by atoms with E-state index in [9.17, 15) is 14.7 Å². The number of benzene rings is 1. The zero-order valence-corrected chi connectivity index (χ0v) is 18.2. The minimum Gasteiger partial charge on any atom is -0.508 e. The number of aromatic nitrogens is 3. The Kier molecular flexibility index (Phi) is 5.10. The number of phenols is 1. The van der Waals surface area contributed by atoms with Crippen molar-refractivity contribution in [1.82, 2.24) is 19.9 Å². The van der Waals surface area contributed by atoms with E-state index in [2.05, 4.69) is 19.9 Å². The van der Waals surface area contributed by atoms with Crippen LogP contribution < -0.4 is 10.5 Å². The Labute approximate surface area is 187 Å². The normalized spacial score (nSPS) is 14.2. The van der Waals surface area contributed by atoms with Gasteiger partial charge in [0.25, 0.3) is 11.5 Å². The first-order chi connectivity index (χ1) is 15.5. The quantitative estimate of drug-likeness (QED) is 0.501. The van der Waals surface area contributed by atoms with Gasteiger partial charge in [0.05, 0.1) is 5.56 Å². The van der Waals surface area contributed by atoms with E-state index in [0.29, 0.717) is 53.5 Å². The number of amides is 1. The molecular formula is C23H21N5O3S. The summed E-state index contributed by atoms with van der Waals surface area (Å²) in [5.41, 5.74) is 2.90. The lowest BCUT2D eigenvalue weighted by atomic mass is 10.1. The van der Waals surface area contributed by atoms with Gasteiger partial charge in [0, 0.05) is 49.5 Å². The van der Waals surface area contributed by atoms with Crippen molar-refractivity contribution in [2.24, 2.45) is 0 Å². The van der Waals surface area contributed by atoms with Gasteiger partial charge in [0.1, 0.15) is 21.7 Å². The Morgan fingerprint density at radius 2 is 1.97 bits per heavy atom. The number of aromatic hydroxyl groups is 1. The van der Waals surface area contributed by atoms with Crippen molar-refractivity contribution in [3.8, 4) is 17.3 Å². The van der Waals surface area contributed by atoms with E-state index in [1.54, 1.807) is 34.7 Å². The van der Waals surface area contributed by atoms with Crippen LogP contribution in [0.2, 0.25) is 0 Å². The lowest BCUT2D eigenvalue weighted by molar-refractivity contribution is 0.0749. The summed E-state index contributed by atoms with van der Waals surface area (Å²) in [4.78, 5) is 41.4. The van der Waals surface area contributed by atoms with Crippen molar-refractivity contribution < 1.29 is 9.90 Å². The number of piperazine rings is 1. The predicted octanol–water partition coefficient (Wildman–Crippen LogP) is 3.02. The largest absolute Gasteiger partial charge is 0.508 e. The van der Waals surface area contributed by atoms with Gasteiger partial charge in [0.15, 0.2) is 5.82 Å².